The molecule has 4 N–H and O–H groups in total. The van der Waals surface area contributed by atoms with Crippen LogP contribution in [0.3, 0.4) is 0 Å². The van der Waals surface area contributed by atoms with E-state index in [4.69, 9.17) is 0 Å². The lowest BCUT2D eigenvalue weighted by atomic mass is 10.3. The van der Waals surface area contributed by atoms with Gasteiger partial charge in [0, 0.05) is 0 Å². The van der Waals surface area contributed by atoms with Gasteiger partial charge in [-0.2, -0.15) is 0 Å². The molecule has 0 aromatic rings. The molecule has 0 saturated carbocycles. The predicted octanol–water partition coefficient (Wildman–Crippen LogP) is -4.46. The smallest absolute Gasteiger partial charge is 0.255 e. The largest absolute Gasteiger partial charge is 0.274 e. The van der Waals surface area contributed by atoms with Gasteiger partial charge in [0.25, 0.3) is 11.7 Å². The average molecular weight is 154 g/mol. The Balaban J connectivity index is 1.89. The number of amidine groups is 2. The van der Waals surface area contributed by atoms with Crippen molar-refractivity contribution in [1.29, 1.82) is 0 Å². The molecule has 2 rings (SSSR count). The van der Waals surface area contributed by atoms with Gasteiger partial charge in [0.1, 0.15) is 32.6 Å². The van der Waals surface area contributed by atoms with E-state index in [0.29, 0.717) is 0 Å². The van der Waals surface area contributed by atoms with Crippen LogP contribution < -0.4 is 20.6 Å². The fourth-order valence-electron chi connectivity index (χ4n) is 1.41. The first kappa shape index (κ1) is 6.64. The lowest BCUT2D eigenvalue weighted by molar-refractivity contribution is -0.450. The number of rotatable bonds is 2. The number of hydrogen-bond donors (Lipinski definition) is 4. The lowest BCUT2D eigenvalue weighted by Crippen LogP contribution is -2.74. The SMILES string of the molecule is C1C[NH+]=C(CC2=[NH+]CCN2)N1. The molecule has 2 aliphatic rings. The molecule has 2 heterocycles. The van der Waals surface area contributed by atoms with Crippen molar-refractivity contribution < 1.29 is 9.98 Å². The molecule has 0 unspecified atom stereocenters. The maximum absolute atomic E-state index is 3.29. The van der Waals surface area contributed by atoms with Crippen molar-refractivity contribution in [2.45, 2.75) is 6.42 Å². The van der Waals surface area contributed by atoms with E-state index < -0.39 is 0 Å². The third-order valence-corrected chi connectivity index (χ3v) is 1.96. The number of nitrogens with one attached hydrogen (secondary N) is 4. The Labute approximate surface area is 65.8 Å². The molecule has 2 aliphatic heterocycles. The molecule has 0 radical (unpaired) electrons. The molecule has 60 valence electrons. The van der Waals surface area contributed by atoms with Gasteiger partial charge in [-0.05, 0) is 0 Å². The minimum absolute atomic E-state index is 0.972. The molecule has 4 heteroatoms. The van der Waals surface area contributed by atoms with Crippen molar-refractivity contribution in [2.75, 3.05) is 26.2 Å². The Morgan fingerprint density at radius 2 is 1.55 bits per heavy atom. The van der Waals surface area contributed by atoms with Gasteiger partial charge in [-0.25, -0.2) is 0 Å². The second-order valence-corrected chi connectivity index (χ2v) is 2.84. The van der Waals surface area contributed by atoms with E-state index >= 15 is 0 Å². The van der Waals surface area contributed by atoms with Crippen molar-refractivity contribution >= 4 is 11.7 Å². The monoisotopic (exact) mass is 154 g/mol. The molecule has 0 saturated heterocycles. The third kappa shape index (κ3) is 1.50. The van der Waals surface area contributed by atoms with Crippen molar-refractivity contribution in [3.8, 4) is 0 Å². The van der Waals surface area contributed by atoms with E-state index in [0.717, 1.165) is 32.6 Å². The summed E-state index contributed by atoms with van der Waals surface area (Å²) < 4.78 is 0. The van der Waals surface area contributed by atoms with Crippen molar-refractivity contribution in [3.63, 3.8) is 0 Å². The highest BCUT2D eigenvalue weighted by Gasteiger charge is 2.20. The summed E-state index contributed by atoms with van der Waals surface area (Å²) in [6.45, 7) is 4.23. The summed E-state index contributed by atoms with van der Waals surface area (Å²) in [6.07, 6.45) is 0.972. The van der Waals surface area contributed by atoms with Crippen LogP contribution in [-0.4, -0.2) is 37.9 Å². The molecular weight excluding hydrogens is 140 g/mol. The Morgan fingerprint density at radius 1 is 1.00 bits per heavy atom. The van der Waals surface area contributed by atoms with Crippen molar-refractivity contribution in [3.05, 3.63) is 0 Å². The van der Waals surface area contributed by atoms with Gasteiger partial charge in [-0.15, -0.1) is 0 Å². The molecular formula is C7H14N4+2. The zero-order chi connectivity index (χ0) is 7.52. The Bertz CT molecular complexity index is 184. The van der Waals surface area contributed by atoms with E-state index in [2.05, 4.69) is 20.6 Å². The lowest BCUT2D eigenvalue weighted by Gasteiger charge is -1.90. The quantitative estimate of drug-likeness (QED) is 0.324. The number of hydrogen-bond acceptors (Lipinski definition) is 2. The van der Waals surface area contributed by atoms with Gasteiger partial charge in [-0.3, -0.25) is 20.6 Å². The molecule has 0 amide bonds. The summed E-state index contributed by atoms with van der Waals surface area (Å²) in [4.78, 5) is 6.58. The van der Waals surface area contributed by atoms with Crippen molar-refractivity contribution in [2.24, 2.45) is 0 Å². The standard InChI is InChI=1S/C7H12N4/c1-2-9-6(8-1)5-7-10-3-4-11-7/h1-5H2,(H,8,9)(H,10,11)/p+2. The van der Waals surface area contributed by atoms with Crippen LogP contribution in [0.25, 0.3) is 0 Å². The van der Waals surface area contributed by atoms with Gasteiger partial charge in [0.2, 0.25) is 0 Å². The van der Waals surface area contributed by atoms with Crippen LogP contribution >= 0.6 is 0 Å². The fraction of sp³-hybridized carbons (Fsp3) is 0.714. The van der Waals surface area contributed by atoms with Crippen LogP contribution in [-0.2, 0) is 0 Å². The highest BCUT2D eigenvalue weighted by atomic mass is 15.1. The molecule has 0 bridgehead atoms. The van der Waals surface area contributed by atoms with Crippen LogP contribution in [0.15, 0.2) is 0 Å². The molecule has 0 atom stereocenters. The first-order chi connectivity index (χ1) is 5.45. The van der Waals surface area contributed by atoms with E-state index in [1.54, 1.807) is 0 Å². The first-order valence-electron chi connectivity index (χ1n) is 4.12. The average Bonchev–Trinajstić information content (AvgIpc) is 2.60. The van der Waals surface area contributed by atoms with Crippen molar-refractivity contribution in [1.82, 2.24) is 10.6 Å². The molecule has 0 aromatic heterocycles. The van der Waals surface area contributed by atoms with Crippen LogP contribution in [0.2, 0.25) is 0 Å². The van der Waals surface area contributed by atoms with Gasteiger partial charge in [0.05, 0.1) is 0 Å². The maximum Gasteiger partial charge on any atom is 0.255 e. The predicted molar refractivity (Wildman–Crippen MR) is 42.3 cm³/mol. The summed E-state index contributed by atoms with van der Waals surface area (Å²) in [6, 6.07) is 0. The minimum Gasteiger partial charge on any atom is -0.274 e. The molecule has 0 spiro atoms. The second-order valence-electron chi connectivity index (χ2n) is 2.84. The van der Waals surface area contributed by atoms with Crippen LogP contribution in [0.5, 0.6) is 0 Å². The highest BCUT2D eigenvalue weighted by molar-refractivity contribution is 5.97. The topological polar surface area (TPSA) is 52.0 Å². The summed E-state index contributed by atoms with van der Waals surface area (Å²) in [5.41, 5.74) is 0. The van der Waals surface area contributed by atoms with E-state index in [1.165, 1.54) is 11.7 Å². The highest BCUT2D eigenvalue weighted by Crippen LogP contribution is 1.78. The van der Waals surface area contributed by atoms with Gasteiger partial charge >= 0.3 is 0 Å². The molecule has 0 fully saturated rings. The van der Waals surface area contributed by atoms with Crippen LogP contribution in [0, 0.1) is 0 Å². The molecule has 0 aliphatic carbocycles. The normalized spacial score (nSPS) is 22.2. The van der Waals surface area contributed by atoms with E-state index in [1.807, 2.05) is 0 Å². The second kappa shape index (κ2) is 2.90. The van der Waals surface area contributed by atoms with Gasteiger partial charge < -0.3 is 0 Å². The Hall–Kier alpha value is -1.06. The zero-order valence-corrected chi connectivity index (χ0v) is 6.54. The van der Waals surface area contributed by atoms with Crippen LogP contribution in [0.1, 0.15) is 6.42 Å². The summed E-state index contributed by atoms with van der Waals surface area (Å²) in [5.74, 6) is 2.48. The molecule has 0 aromatic carbocycles. The summed E-state index contributed by atoms with van der Waals surface area (Å²) in [5, 5.41) is 6.58. The zero-order valence-electron chi connectivity index (χ0n) is 6.54. The Kier molecular flexibility index (Phi) is 1.75. The first-order valence-corrected chi connectivity index (χ1v) is 4.12. The maximum atomic E-state index is 3.29. The third-order valence-electron chi connectivity index (χ3n) is 1.96. The minimum atomic E-state index is 0.972. The molecule has 11 heavy (non-hydrogen) atoms. The van der Waals surface area contributed by atoms with E-state index in [-0.39, 0.29) is 0 Å². The Morgan fingerprint density at radius 3 is 1.91 bits per heavy atom. The van der Waals surface area contributed by atoms with Crippen LogP contribution in [0.4, 0.5) is 0 Å². The molecule has 4 nitrogen and oxygen atoms in total. The van der Waals surface area contributed by atoms with Gasteiger partial charge in [-0.1, -0.05) is 0 Å². The van der Waals surface area contributed by atoms with E-state index in [9.17, 15) is 0 Å². The fourth-order valence-corrected chi connectivity index (χ4v) is 1.41. The summed E-state index contributed by atoms with van der Waals surface area (Å²) in [7, 11) is 0. The summed E-state index contributed by atoms with van der Waals surface area (Å²) >= 11 is 0. The van der Waals surface area contributed by atoms with Gasteiger partial charge in [0.15, 0.2) is 0 Å².